The smallest absolute Gasteiger partial charge is 0.269 e. The second-order valence-electron chi connectivity index (χ2n) is 5.65. The largest absolute Gasteiger partial charge is 0.394 e. The van der Waals surface area contributed by atoms with Crippen molar-refractivity contribution in [3.05, 3.63) is 0 Å². The molecule has 0 saturated carbocycles. The summed E-state index contributed by atoms with van der Waals surface area (Å²) in [5, 5.41) is 54.5. The number of amides is 1. The van der Waals surface area contributed by atoms with Gasteiger partial charge in [-0.3, -0.25) is 9.36 Å². The first kappa shape index (κ1) is 22.4. The Kier molecular flexibility index (Phi) is 8.84. The Morgan fingerprint density at radius 2 is 1.84 bits per heavy atom. The van der Waals surface area contributed by atoms with E-state index < -0.39 is 63.3 Å². The molecular formula is C12H26N3O9P. The van der Waals surface area contributed by atoms with Crippen LogP contribution in [0.15, 0.2) is 0 Å². The summed E-state index contributed by atoms with van der Waals surface area (Å²) in [5.74, 6) is -0.967. The van der Waals surface area contributed by atoms with E-state index in [-0.39, 0.29) is 12.7 Å². The van der Waals surface area contributed by atoms with Gasteiger partial charge in [-0.1, -0.05) is 0 Å². The van der Waals surface area contributed by atoms with E-state index in [0.717, 1.165) is 0 Å². The summed E-state index contributed by atoms with van der Waals surface area (Å²) in [6.45, 7) is -1.28. The minimum atomic E-state index is -3.91. The molecule has 25 heavy (non-hydrogen) atoms. The maximum atomic E-state index is 12.1. The molecule has 0 radical (unpaired) electrons. The zero-order valence-electron chi connectivity index (χ0n) is 13.6. The van der Waals surface area contributed by atoms with Crippen LogP contribution in [0.5, 0.6) is 0 Å². The normalized spacial score (nSPS) is 33.5. The number of hydrogen-bond acceptors (Lipinski definition) is 9. The molecule has 0 aromatic rings. The monoisotopic (exact) mass is 387 g/mol. The Labute approximate surface area is 144 Å². The van der Waals surface area contributed by atoms with Gasteiger partial charge in [0.05, 0.1) is 19.4 Å². The van der Waals surface area contributed by atoms with Gasteiger partial charge < -0.3 is 45.8 Å². The second-order valence-corrected chi connectivity index (χ2v) is 7.76. The minimum absolute atomic E-state index is 0.187. The zero-order valence-corrected chi connectivity index (χ0v) is 14.5. The van der Waals surface area contributed by atoms with Crippen molar-refractivity contribution in [1.82, 2.24) is 15.7 Å². The van der Waals surface area contributed by atoms with Crippen molar-refractivity contribution in [3.63, 3.8) is 0 Å². The first-order valence-corrected chi connectivity index (χ1v) is 9.47. The number of nitrogens with one attached hydrogen (secondary N) is 3. The maximum absolute atomic E-state index is 12.1. The molecule has 1 aliphatic heterocycles. The molecule has 0 bridgehead atoms. The molecule has 1 rings (SSSR count). The molecule has 0 aromatic heterocycles. The lowest BCUT2D eigenvalue weighted by Gasteiger charge is -2.40. The number of carbonyl (C=O) groups excluding carboxylic acids is 1. The van der Waals surface area contributed by atoms with Crippen LogP contribution in [0.4, 0.5) is 0 Å². The minimum Gasteiger partial charge on any atom is -0.394 e. The van der Waals surface area contributed by atoms with E-state index in [0.29, 0.717) is 0 Å². The van der Waals surface area contributed by atoms with Crippen LogP contribution in [0.3, 0.4) is 0 Å². The molecule has 0 spiro atoms. The fraction of sp³-hybridized carbons (Fsp3) is 0.917. The highest BCUT2D eigenvalue weighted by atomic mass is 31.2. The van der Waals surface area contributed by atoms with Crippen LogP contribution in [-0.2, 0) is 14.1 Å². The molecule has 1 aliphatic rings. The topological polar surface area (TPSA) is 201 Å². The van der Waals surface area contributed by atoms with Gasteiger partial charge in [-0.25, -0.2) is 5.09 Å². The predicted molar refractivity (Wildman–Crippen MR) is 84.5 cm³/mol. The number of hydrogen-bond donors (Lipinski definition) is 9. The molecule has 1 heterocycles. The summed E-state index contributed by atoms with van der Waals surface area (Å²) in [5.41, 5.74) is 0. The van der Waals surface area contributed by atoms with Crippen molar-refractivity contribution in [3.8, 4) is 0 Å². The lowest BCUT2D eigenvalue weighted by molar-refractivity contribution is -0.236. The van der Waals surface area contributed by atoms with Crippen molar-refractivity contribution >= 4 is 13.4 Å². The Hall–Kier alpha value is -0.660. The summed E-state index contributed by atoms with van der Waals surface area (Å²) < 4.78 is 17.0. The van der Waals surface area contributed by atoms with Crippen LogP contribution in [0.25, 0.3) is 0 Å². The second kappa shape index (κ2) is 9.88. The maximum Gasteiger partial charge on any atom is 0.269 e. The molecular weight excluding hydrogens is 361 g/mol. The molecule has 9 N–H and O–H groups in total. The third kappa shape index (κ3) is 6.22. The third-order valence-electron chi connectivity index (χ3n) is 3.70. The molecule has 1 fully saturated rings. The summed E-state index contributed by atoms with van der Waals surface area (Å²) in [4.78, 5) is 21.9. The van der Waals surface area contributed by atoms with E-state index in [1.165, 1.54) is 0 Å². The summed E-state index contributed by atoms with van der Waals surface area (Å²) in [7, 11) is -2.33. The van der Waals surface area contributed by atoms with Crippen LogP contribution in [0.1, 0.15) is 0 Å². The van der Waals surface area contributed by atoms with Gasteiger partial charge in [-0.05, 0) is 7.05 Å². The number of rotatable bonds is 9. The molecule has 0 aliphatic carbocycles. The van der Waals surface area contributed by atoms with Gasteiger partial charge in [0.25, 0.3) is 7.52 Å². The number of aliphatic hydroxyl groups excluding tert-OH is 5. The van der Waals surface area contributed by atoms with Crippen LogP contribution in [0.2, 0.25) is 0 Å². The van der Waals surface area contributed by atoms with E-state index in [1.54, 1.807) is 7.05 Å². The molecule has 148 valence electrons. The van der Waals surface area contributed by atoms with Crippen molar-refractivity contribution in [1.29, 1.82) is 0 Å². The number of aliphatic hydroxyl groups is 5. The van der Waals surface area contributed by atoms with Gasteiger partial charge in [0.1, 0.15) is 30.5 Å². The zero-order chi connectivity index (χ0) is 19.2. The molecule has 13 heteroatoms. The Morgan fingerprint density at radius 1 is 1.20 bits per heavy atom. The Bertz CT molecular complexity index is 481. The van der Waals surface area contributed by atoms with Crippen LogP contribution < -0.4 is 15.7 Å². The van der Waals surface area contributed by atoms with E-state index in [4.69, 9.17) is 9.84 Å². The highest BCUT2D eigenvalue weighted by Crippen LogP contribution is 2.35. The fourth-order valence-electron chi connectivity index (χ4n) is 2.22. The number of carbonyl (C=O) groups is 1. The van der Waals surface area contributed by atoms with Crippen molar-refractivity contribution in [2.75, 3.05) is 33.0 Å². The number of ether oxygens (including phenoxy) is 1. The predicted octanol–water partition coefficient (Wildman–Crippen LogP) is -4.74. The first-order chi connectivity index (χ1) is 11.7. The highest BCUT2D eigenvalue weighted by Gasteiger charge is 2.44. The average Bonchev–Trinajstić information content (AvgIpc) is 2.58. The summed E-state index contributed by atoms with van der Waals surface area (Å²) in [6, 6.07) is -1.47. The summed E-state index contributed by atoms with van der Waals surface area (Å²) in [6.07, 6.45) is -7.87. The van der Waals surface area contributed by atoms with Gasteiger partial charge in [-0.2, -0.15) is 0 Å². The molecule has 12 nitrogen and oxygen atoms in total. The van der Waals surface area contributed by atoms with Gasteiger partial charge in [0, 0.05) is 6.54 Å². The fourth-order valence-corrected chi connectivity index (χ4v) is 3.56. The Balaban J connectivity index is 2.72. The van der Waals surface area contributed by atoms with Gasteiger partial charge in [0.2, 0.25) is 5.91 Å². The average molecular weight is 387 g/mol. The lowest BCUT2D eigenvalue weighted by Crippen LogP contribution is -2.64. The third-order valence-corrected chi connectivity index (χ3v) is 5.24. The van der Waals surface area contributed by atoms with E-state index in [1.807, 2.05) is 0 Å². The van der Waals surface area contributed by atoms with Crippen molar-refractivity contribution in [2.24, 2.45) is 0 Å². The standard InChI is InChI=1S/C12H26N3O9P/c1-13-2-3-25(22,23)15-6(4-16)11(21)14-12-10(20)9(19)8(18)7(5-17)24-12/h6-10,12-13,16-20H,2-5H2,1H3,(H,14,21)(H2,15,22,23)/t6-,7+,8+,9-,10+,12?/m0/s1. The van der Waals surface area contributed by atoms with Gasteiger partial charge >= 0.3 is 0 Å². The van der Waals surface area contributed by atoms with Gasteiger partial charge in [0.15, 0.2) is 6.23 Å². The molecule has 2 unspecified atom stereocenters. The molecule has 7 atom stereocenters. The van der Waals surface area contributed by atoms with E-state index >= 15 is 0 Å². The highest BCUT2D eigenvalue weighted by molar-refractivity contribution is 7.55. The molecule has 0 aromatic carbocycles. The first-order valence-electron chi connectivity index (χ1n) is 7.62. The SMILES string of the molecule is CNCCP(=O)(O)N[C@@H](CO)C(=O)NC1O[C@H](CO)[C@@H](O)[C@H](O)[C@H]1O. The molecule has 1 saturated heterocycles. The van der Waals surface area contributed by atoms with Crippen LogP contribution in [-0.4, -0.2) is 106 Å². The van der Waals surface area contributed by atoms with Gasteiger partial charge in [-0.15, -0.1) is 0 Å². The Morgan fingerprint density at radius 3 is 2.36 bits per heavy atom. The van der Waals surface area contributed by atoms with E-state index in [2.05, 4.69) is 15.7 Å². The molecule has 1 amide bonds. The lowest BCUT2D eigenvalue weighted by atomic mass is 9.98. The van der Waals surface area contributed by atoms with Crippen molar-refractivity contribution in [2.45, 2.75) is 36.7 Å². The van der Waals surface area contributed by atoms with Crippen LogP contribution in [0, 0.1) is 0 Å². The summed E-state index contributed by atoms with van der Waals surface area (Å²) >= 11 is 0. The van der Waals surface area contributed by atoms with Crippen LogP contribution >= 0.6 is 7.52 Å². The van der Waals surface area contributed by atoms with E-state index in [9.17, 15) is 34.7 Å². The van der Waals surface area contributed by atoms with Crippen molar-refractivity contribution < 1.29 is 44.5 Å². The quantitative estimate of drug-likeness (QED) is 0.172.